The van der Waals surface area contributed by atoms with Gasteiger partial charge in [0.2, 0.25) is 0 Å². The minimum Gasteiger partial charge on any atom is -0.484 e. The first kappa shape index (κ1) is 22.5. The van der Waals surface area contributed by atoms with E-state index in [4.69, 9.17) is 31.1 Å². The number of nitrogens with one attached hydrogen (secondary N) is 3. The SMILES string of the molecule is N#CCNC(=O)COC1=CC(c2nc(Nc3ccc(N)c(C=N)c3)c3ccccc3n2)CC=C1. The Labute approximate surface area is 196 Å². The number of aromatic nitrogens is 2. The highest BCUT2D eigenvalue weighted by atomic mass is 16.5. The number of hydrogen-bond acceptors (Lipinski definition) is 8. The van der Waals surface area contributed by atoms with E-state index in [1.807, 2.05) is 54.6 Å². The van der Waals surface area contributed by atoms with Gasteiger partial charge in [-0.3, -0.25) is 4.79 Å². The van der Waals surface area contributed by atoms with Crippen LogP contribution in [0.1, 0.15) is 23.7 Å². The summed E-state index contributed by atoms with van der Waals surface area (Å²) >= 11 is 0. The Morgan fingerprint density at radius 2 is 2.15 bits per heavy atom. The minimum atomic E-state index is -0.362. The molecule has 0 saturated carbocycles. The van der Waals surface area contributed by atoms with Gasteiger partial charge in [-0.1, -0.05) is 18.2 Å². The number of para-hydroxylation sites is 1. The van der Waals surface area contributed by atoms with Crippen LogP contribution in [0.4, 0.5) is 17.2 Å². The molecule has 1 amide bonds. The lowest BCUT2D eigenvalue weighted by Crippen LogP contribution is -2.27. The molecule has 5 N–H and O–H groups in total. The third-order valence-corrected chi connectivity index (χ3v) is 5.23. The lowest BCUT2D eigenvalue weighted by atomic mass is 9.98. The molecular weight excluding hydrogens is 430 g/mol. The smallest absolute Gasteiger partial charge is 0.258 e. The zero-order chi connectivity index (χ0) is 23.9. The maximum atomic E-state index is 11.7. The molecule has 0 saturated heterocycles. The number of nitriles is 1. The second kappa shape index (κ2) is 10.3. The van der Waals surface area contributed by atoms with E-state index in [9.17, 15) is 4.79 Å². The van der Waals surface area contributed by atoms with E-state index in [1.54, 1.807) is 12.1 Å². The van der Waals surface area contributed by atoms with Gasteiger partial charge in [0, 0.05) is 34.5 Å². The molecule has 1 aliphatic rings. The molecule has 170 valence electrons. The standard InChI is InChI=1S/C25H23N7O2/c26-10-11-29-23(33)15-34-19-5-3-4-16(13-19)24-31-22-7-2-1-6-20(22)25(32-24)30-18-8-9-21(28)17(12-18)14-27/h1-3,5-9,12-14,16,27H,4,11,15,28H2,(H,29,33)(H,30,31,32). The number of fused-ring (bicyclic) bond motifs is 1. The molecule has 4 rings (SSSR count). The molecule has 34 heavy (non-hydrogen) atoms. The predicted octanol–water partition coefficient (Wildman–Crippen LogP) is 3.54. The van der Waals surface area contributed by atoms with Gasteiger partial charge >= 0.3 is 0 Å². The molecule has 1 atom stereocenters. The summed E-state index contributed by atoms with van der Waals surface area (Å²) in [7, 11) is 0. The second-order valence-corrected chi connectivity index (χ2v) is 7.60. The first-order chi connectivity index (χ1) is 16.6. The summed E-state index contributed by atoms with van der Waals surface area (Å²) in [5.74, 6) is 1.30. The monoisotopic (exact) mass is 453 g/mol. The summed E-state index contributed by atoms with van der Waals surface area (Å²) in [5, 5.41) is 22.8. The third kappa shape index (κ3) is 5.19. The van der Waals surface area contributed by atoms with Crippen LogP contribution in [0.2, 0.25) is 0 Å². The summed E-state index contributed by atoms with van der Waals surface area (Å²) in [4.78, 5) is 21.3. The molecule has 1 unspecified atom stereocenters. The first-order valence-corrected chi connectivity index (χ1v) is 10.7. The molecule has 9 nitrogen and oxygen atoms in total. The summed E-state index contributed by atoms with van der Waals surface area (Å²) in [5.41, 5.74) is 8.61. The fourth-order valence-electron chi connectivity index (χ4n) is 3.54. The molecule has 0 fully saturated rings. The molecule has 9 heteroatoms. The van der Waals surface area contributed by atoms with Crippen LogP contribution >= 0.6 is 0 Å². The Balaban J connectivity index is 1.61. The van der Waals surface area contributed by atoms with Gasteiger partial charge in [0.05, 0.1) is 11.6 Å². The Kier molecular flexibility index (Phi) is 6.79. The molecule has 0 bridgehead atoms. The lowest BCUT2D eigenvalue weighted by Gasteiger charge is -2.18. The van der Waals surface area contributed by atoms with Crippen molar-refractivity contribution in [3.8, 4) is 6.07 Å². The Morgan fingerprint density at radius 3 is 2.97 bits per heavy atom. The number of nitrogen functional groups attached to an aromatic ring is 1. The number of rotatable bonds is 8. The molecule has 2 aromatic carbocycles. The zero-order valence-corrected chi connectivity index (χ0v) is 18.3. The molecule has 1 aromatic heterocycles. The van der Waals surface area contributed by atoms with Crippen molar-refractivity contribution in [2.45, 2.75) is 12.3 Å². The van der Waals surface area contributed by atoms with Gasteiger partial charge in [-0.05, 0) is 48.9 Å². The lowest BCUT2D eigenvalue weighted by molar-refractivity contribution is -0.124. The van der Waals surface area contributed by atoms with E-state index in [1.165, 1.54) is 6.21 Å². The van der Waals surface area contributed by atoms with Crippen molar-refractivity contribution in [3.63, 3.8) is 0 Å². The average Bonchev–Trinajstić information content (AvgIpc) is 2.87. The molecule has 0 spiro atoms. The highest BCUT2D eigenvalue weighted by Gasteiger charge is 2.19. The van der Waals surface area contributed by atoms with Crippen LogP contribution in [0, 0.1) is 16.7 Å². The van der Waals surface area contributed by atoms with Crippen molar-refractivity contribution in [2.75, 3.05) is 24.2 Å². The zero-order valence-electron chi connectivity index (χ0n) is 18.3. The van der Waals surface area contributed by atoms with Gasteiger partial charge in [-0.25, -0.2) is 9.97 Å². The Bertz CT molecular complexity index is 1340. The largest absolute Gasteiger partial charge is 0.484 e. The molecule has 0 radical (unpaired) electrons. The number of benzene rings is 2. The number of carbonyl (C=O) groups is 1. The highest BCUT2D eigenvalue weighted by Crippen LogP contribution is 2.31. The van der Waals surface area contributed by atoms with Crippen LogP contribution in [0.3, 0.4) is 0 Å². The number of ether oxygens (including phenoxy) is 1. The highest BCUT2D eigenvalue weighted by molar-refractivity contribution is 5.92. The summed E-state index contributed by atoms with van der Waals surface area (Å²) in [6.07, 6.45) is 7.55. The summed E-state index contributed by atoms with van der Waals surface area (Å²) in [6.45, 7) is -0.238. The van der Waals surface area contributed by atoms with Gasteiger partial charge < -0.3 is 26.5 Å². The van der Waals surface area contributed by atoms with Crippen LogP contribution in [-0.2, 0) is 9.53 Å². The minimum absolute atomic E-state index is 0.0598. The van der Waals surface area contributed by atoms with Crippen LogP contribution in [0.5, 0.6) is 0 Å². The number of hydrogen-bond donors (Lipinski definition) is 4. The van der Waals surface area contributed by atoms with E-state index in [0.29, 0.717) is 35.1 Å². The van der Waals surface area contributed by atoms with Crippen LogP contribution in [0.15, 0.2) is 66.5 Å². The van der Waals surface area contributed by atoms with Gasteiger partial charge in [0.1, 0.15) is 23.9 Å². The van der Waals surface area contributed by atoms with Crippen molar-refractivity contribution >= 4 is 40.2 Å². The summed E-state index contributed by atoms with van der Waals surface area (Å²) < 4.78 is 5.59. The second-order valence-electron chi connectivity index (χ2n) is 7.60. The molecule has 1 heterocycles. The van der Waals surface area contributed by atoms with Crippen molar-refractivity contribution in [3.05, 3.63) is 77.8 Å². The summed E-state index contributed by atoms with van der Waals surface area (Å²) in [6, 6.07) is 15.0. The maximum Gasteiger partial charge on any atom is 0.258 e. The van der Waals surface area contributed by atoms with Crippen molar-refractivity contribution in [1.29, 1.82) is 10.7 Å². The topological polar surface area (TPSA) is 150 Å². The van der Waals surface area contributed by atoms with Crippen LogP contribution < -0.4 is 16.4 Å². The number of nitrogens with zero attached hydrogens (tertiary/aromatic N) is 3. The predicted molar refractivity (Wildman–Crippen MR) is 131 cm³/mol. The van der Waals surface area contributed by atoms with E-state index in [2.05, 4.69) is 10.6 Å². The fraction of sp³-hybridized carbons (Fsp3) is 0.160. The maximum absolute atomic E-state index is 11.7. The number of allylic oxidation sites excluding steroid dienone is 3. The van der Waals surface area contributed by atoms with Gasteiger partial charge in [0.15, 0.2) is 6.61 Å². The number of carbonyl (C=O) groups excluding carboxylic acids is 1. The van der Waals surface area contributed by atoms with Crippen LogP contribution in [-0.4, -0.2) is 35.2 Å². The Morgan fingerprint density at radius 1 is 1.29 bits per heavy atom. The molecule has 0 aliphatic heterocycles. The number of anilines is 3. The first-order valence-electron chi connectivity index (χ1n) is 10.7. The molecule has 3 aromatic rings. The van der Waals surface area contributed by atoms with E-state index in [0.717, 1.165) is 16.6 Å². The van der Waals surface area contributed by atoms with E-state index in [-0.39, 0.29) is 25.0 Å². The number of nitrogens with two attached hydrogens (primary N) is 1. The van der Waals surface area contributed by atoms with Crippen molar-refractivity contribution < 1.29 is 9.53 Å². The van der Waals surface area contributed by atoms with Gasteiger partial charge in [-0.2, -0.15) is 5.26 Å². The molecular formula is C25H23N7O2. The normalized spacial score (nSPS) is 14.7. The van der Waals surface area contributed by atoms with E-state index >= 15 is 0 Å². The average molecular weight is 454 g/mol. The molecule has 1 aliphatic carbocycles. The van der Waals surface area contributed by atoms with Crippen LogP contribution in [0.25, 0.3) is 10.9 Å². The van der Waals surface area contributed by atoms with Crippen molar-refractivity contribution in [1.82, 2.24) is 15.3 Å². The third-order valence-electron chi connectivity index (χ3n) is 5.23. The number of amides is 1. The fourth-order valence-corrected chi connectivity index (χ4v) is 3.54. The Hall–Kier alpha value is -4.71. The van der Waals surface area contributed by atoms with Gasteiger partial charge in [0.25, 0.3) is 5.91 Å². The quantitative estimate of drug-likeness (QED) is 0.231. The van der Waals surface area contributed by atoms with Gasteiger partial charge in [-0.15, -0.1) is 0 Å². The van der Waals surface area contributed by atoms with E-state index < -0.39 is 0 Å². The van der Waals surface area contributed by atoms with Crippen molar-refractivity contribution in [2.24, 2.45) is 0 Å².